The summed E-state index contributed by atoms with van der Waals surface area (Å²) in [4.78, 5) is 53.8. The molecule has 2 saturated heterocycles. The molecule has 2 aromatic carbocycles. The van der Waals surface area contributed by atoms with Crippen LogP contribution in [0.4, 0.5) is 21.0 Å². The van der Waals surface area contributed by atoms with Gasteiger partial charge in [-0.1, -0.05) is 6.07 Å². The molecule has 4 amide bonds. The van der Waals surface area contributed by atoms with Gasteiger partial charge in [-0.25, -0.2) is 9.59 Å². The molecule has 0 radical (unpaired) electrons. The predicted octanol–water partition coefficient (Wildman–Crippen LogP) is 5.07. The second kappa shape index (κ2) is 14.1. The van der Waals surface area contributed by atoms with Crippen molar-refractivity contribution in [2.45, 2.75) is 90.5 Å². The number of carbonyl (C=O) groups is 4. The highest BCUT2D eigenvalue weighted by Crippen LogP contribution is 2.26. The largest absolute Gasteiger partial charge is 0.500 e. The number of likely N-dealkylation sites (tertiary alicyclic amines) is 2. The van der Waals surface area contributed by atoms with Gasteiger partial charge in [0.2, 0.25) is 11.8 Å². The summed E-state index contributed by atoms with van der Waals surface area (Å²) in [5.74, 6) is -1.03. The summed E-state index contributed by atoms with van der Waals surface area (Å²) in [5, 5.41) is 5.43. The highest BCUT2D eigenvalue weighted by molar-refractivity contribution is 7.82. The number of nitrogens with zero attached hydrogens (tertiary/aromatic N) is 2. The zero-order chi connectivity index (χ0) is 34.6. The van der Waals surface area contributed by atoms with Crippen LogP contribution in [0.5, 0.6) is 11.5 Å². The van der Waals surface area contributed by atoms with Crippen molar-refractivity contribution >= 4 is 45.8 Å². The molecular weight excluding hydrogens is 632 g/mol. The molecule has 2 atom stereocenters. The lowest BCUT2D eigenvalue weighted by molar-refractivity contribution is -0.121. The normalized spacial score (nSPS) is 18.3. The van der Waals surface area contributed by atoms with Gasteiger partial charge < -0.3 is 28.5 Å². The third-order valence-corrected chi connectivity index (χ3v) is 7.78. The Kier molecular flexibility index (Phi) is 10.6. The van der Waals surface area contributed by atoms with Crippen LogP contribution in [-0.4, -0.2) is 78.6 Å². The molecule has 47 heavy (non-hydrogen) atoms. The molecule has 0 spiro atoms. The van der Waals surface area contributed by atoms with E-state index in [9.17, 15) is 27.6 Å². The van der Waals surface area contributed by atoms with Crippen molar-refractivity contribution in [3.05, 3.63) is 48.5 Å². The Morgan fingerprint density at radius 3 is 1.64 bits per heavy atom. The van der Waals surface area contributed by atoms with Crippen molar-refractivity contribution in [3.8, 4) is 11.5 Å². The minimum Gasteiger partial charge on any atom is -0.444 e. The van der Waals surface area contributed by atoms with Crippen LogP contribution >= 0.6 is 0 Å². The molecule has 0 bridgehead atoms. The van der Waals surface area contributed by atoms with E-state index in [0.717, 1.165) is 0 Å². The van der Waals surface area contributed by atoms with Gasteiger partial charge in [0.1, 0.15) is 34.8 Å². The SMILES string of the molecule is CC(C)(C)OC(=O)N1CCC[C@H]1C(=O)Nc1ccc(OS(=O)(=O)Oc2cccc(NC(=O)[C@@H]3CCCN3C(=O)OC(C)(C)C)c2)cc1. The average molecular weight is 675 g/mol. The minimum absolute atomic E-state index is 0.0767. The zero-order valence-electron chi connectivity index (χ0n) is 27.4. The Morgan fingerprint density at radius 2 is 1.15 bits per heavy atom. The summed E-state index contributed by atoms with van der Waals surface area (Å²) in [5.41, 5.74) is -0.777. The molecule has 2 aliphatic rings. The lowest BCUT2D eigenvalue weighted by Gasteiger charge is -2.28. The molecule has 0 saturated carbocycles. The van der Waals surface area contributed by atoms with Crippen molar-refractivity contribution in [2.24, 2.45) is 0 Å². The van der Waals surface area contributed by atoms with Crippen LogP contribution in [0.15, 0.2) is 48.5 Å². The van der Waals surface area contributed by atoms with E-state index in [2.05, 4.69) is 10.6 Å². The van der Waals surface area contributed by atoms with Crippen molar-refractivity contribution in [3.63, 3.8) is 0 Å². The van der Waals surface area contributed by atoms with E-state index in [0.29, 0.717) is 44.5 Å². The first-order chi connectivity index (χ1) is 21.9. The van der Waals surface area contributed by atoms with Crippen LogP contribution in [0, 0.1) is 0 Å². The molecule has 4 rings (SSSR count). The lowest BCUT2D eigenvalue weighted by Crippen LogP contribution is -2.45. The summed E-state index contributed by atoms with van der Waals surface area (Å²) in [7, 11) is -4.59. The Hall–Kier alpha value is -4.53. The fraction of sp³-hybridized carbons (Fsp3) is 0.500. The number of nitrogens with one attached hydrogen (secondary N) is 2. The van der Waals surface area contributed by atoms with Crippen molar-refractivity contribution < 1.29 is 45.4 Å². The number of amides is 4. The summed E-state index contributed by atoms with van der Waals surface area (Å²) in [6, 6.07) is 9.88. The third-order valence-electron chi connectivity index (χ3n) is 6.99. The van der Waals surface area contributed by atoms with Gasteiger partial charge in [0.15, 0.2) is 0 Å². The fourth-order valence-corrected chi connectivity index (χ4v) is 5.80. The first-order valence-electron chi connectivity index (χ1n) is 15.3. The van der Waals surface area contributed by atoms with Crippen LogP contribution < -0.4 is 19.0 Å². The highest BCUT2D eigenvalue weighted by atomic mass is 32.3. The van der Waals surface area contributed by atoms with Gasteiger partial charge in [-0.05, 0) is 104 Å². The van der Waals surface area contributed by atoms with Gasteiger partial charge in [0.25, 0.3) is 0 Å². The van der Waals surface area contributed by atoms with E-state index in [1.54, 1.807) is 47.6 Å². The predicted molar refractivity (Wildman–Crippen MR) is 172 cm³/mol. The van der Waals surface area contributed by atoms with Crippen LogP contribution in [-0.2, 0) is 29.5 Å². The Labute approximate surface area is 275 Å². The molecule has 0 aliphatic carbocycles. The van der Waals surface area contributed by atoms with E-state index in [1.807, 2.05) is 0 Å². The first kappa shape index (κ1) is 35.3. The molecule has 2 aromatic rings. The molecule has 2 fully saturated rings. The number of hydrogen-bond donors (Lipinski definition) is 2. The standard InChI is InChI=1S/C32H42N4O10S/c1-31(2,3)43-29(39)35-18-8-12-25(35)27(37)33-21-14-16-23(17-15-21)45-47(41,42)46-24-11-7-10-22(20-24)34-28(38)26-13-9-19-36(26)30(40)44-32(4,5)6/h7,10-11,14-17,20,25-26H,8-9,12-13,18-19H2,1-6H3,(H,33,37)(H,34,38)/t25-,26-/m0/s1. The van der Waals surface area contributed by atoms with E-state index in [4.69, 9.17) is 17.8 Å². The summed E-state index contributed by atoms with van der Waals surface area (Å²) < 4.78 is 46.3. The van der Waals surface area contributed by atoms with Crippen LogP contribution in [0.2, 0.25) is 0 Å². The van der Waals surface area contributed by atoms with Gasteiger partial charge >= 0.3 is 22.6 Å². The third kappa shape index (κ3) is 10.2. The average Bonchev–Trinajstić information content (AvgIpc) is 3.63. The molecule has 0 unspecified atom stereocenters. The maximum absolute atomic E-state index is 13.0. The number of benzene rings is 2. The molecule has 256 valence electrons. The molecule has 0 aromatic heterocycles. The Bertz CT molecular complexity index is 1580. The summed E-state index contributed by atoms with van der Waals surface area (Å²) in [6.07, 6.45) is 1.09. The molecule has 2 heterocycles. The quantitative estimate of drug-likeness (QED) is 0.386. The summed E-state index contributed by atoms with van der Waals surface area (Å²) in [6.45, 7) is 11.3. The second-order valence-electron chi connectivity index (χ2n) is 13.3. The smallest absolute Gasteiger partial charge is 0.444 e. The monoisotopic (exact) mass is 674 g/mol. The Morgan fingerprint density at radius 1 is 0.681 bits per heavy atom. The molecule has 2 aliphatic heterocycles. The topological polar surface area (TPSA) is 170 Å². The van der Waals surface area contributed by atoms with Crippen LogP contribution in [0.25, 0.3) is 0 Å². The van der Waals surface area contributed by atoms with E-state index in [1.165, 1.54) is 52.3 Å². The minimum atomic E-state index is -4.59. The van der Waals surface area contributed by atoms with Crippen LogP contribution in [0.1, 0.15) is 67.2 Å². The van der Waals surface area contributed by atoms with Gasteiger partial charge in [0, 0.05) is 30.5 Å². The van der Waals surface area contributed by atoms with Crippen molar-refractivity contribution in [1.29, 1.82) is 0 Å². The van der Waals surface area contributed by atoms with Crippen LogP contribution in [0.3, 0.4) is 0 Å². The Balaban J connectivity index is 1.32. The maximum atomic E-state index is 13.0. The molecular formula is C32H42N4O10S. The lowest BCUT2D eigenvalue weighted by atomic mass is 10.2. The number of carbonyl (C=O) groups excluding carboxylic acids is 4. The number of rotatable bonds is 8. The number of ether oxygens (including phenoxy) is 2. The molecule has 2 N–H and O–H groups in total. The molecule has 14 nitrogen and oxygen atoms in total. The van der Waals surface area contributed by atoms with E-state index >= 15 is 0 Å². The zero-order valence-corrected chi connectivity index (χ0v) is 28.2. The first-order valence-corrected chi connectivity index (χ1v) is 16.7. The molecule has 15 heteroatoms. The highest BCUT2D eigenvalue weighted by Gasteiger charge is 2.38. The summed E-state index contributed by atoms with van der Waals surface area (Å²) >= 11 is 0. The van der Waals surface area contributed by atoms with E-state index < -0.39 is 57.7 Å². The van der Waals surface area contributed by atoms with Crippen molar-refractivity contribution in [1.82, 2.24) is 9.80 Å². The van der Waals surface area contributed by atoms with E-state index in [-0.39, 0.29) is 17.2 Å². The second-order valence-corrected chi connectivity index (χ2v) is 14.4. The fourth-order valence-electron chi connectivity index (χ4n) is 5.08. The van der Waals surface area contributed by atoms with Gasteiger partial charge in [-0.2, -0.15) is 0 Å². The van der Waals surface area contributed by atoms with Gasteiger partial charge in [-0.15, -0.1) is 8.42 Å². The van der Waals surface area contributed by atoms with Crippen molar-refractivity contribution in [2.75, 3.05) is 23.7 Å². The van der Waals surface area contributed by atoms with Gasteiger partial charge in [-0.3, -0.25) is 19.4 Å². The van der Waals surface area contributed by atoms with Gasteiger partial charge in [0.05, 0.1) is 0 Å². The number of anilines is 2. The maximum Gasteiger partial charge on any atom is 0.500 e. The number of hydrogen-bond acceptors (Lipinski definition) is 10.